The molecule has 0 saturated carbocycles. The van der Waals surface area contributed by atoms with E-state index in [2.05, 4.69) is 71.1 Å². The summed E-state index contributed by atoms with van der Waals surface area (Å²) < 4.78 is 6.63. The second-order valence-corrected chi connectivity index (χ2v) is 7.56. The van der Waals surface area contributed by atoms with Crippen LogP contribution in [-0.4, -0.2) is 26.3 Å². The van der Waals surface area contributed by atoms with Gasteiger partial charge in [-0.2, -0.15) is 0 Å². The topological polar surface area (TPSA) is 12.5 Å². The van der Waals surface area contributed by atoms with E-state index in [-0.39, 0.29) is 5.41 Å². The molecule has 0 atom stereocenters. The maximum absolute atomic E-state index is 5.47. The highest BCUT2D eigenvalue weighted by Crippen LogP contribution is 2.50. The maximum Gasteiger partial charge on any atom is 0.0642 e. The van der Waals surface area contributed by atoms with Crippen molar-refractivity contribution in [1.29, 1.82) is 0 Å². The van der Waals surface area contributed by atoms with E-state index in [1.54, 1.807) is 0 Å². The Kier molecular flexibility index (Phi) is 3.31. The molecule has 1 aliphatic heterocycles. The van der Waals surface area contributed by atoms with Gasteiger partial charge in [0.2, 0.25) is 0 Å². The van der Waals surface area contributed by atoms with E-state index < -0.39 is 0 Å². The predicted octanol–water partition coefficient (Wildman–Crippen LogP) is 4.59. The van der Waals surface area contributed by atoms with Crippen LogP contribution in [0, 0.1) is 0 Å². The van der Waals surface area contributed by atoms with Gasteiger partial charge in [0, 0.05) is 28.7 Å². The van der Waals surface area contributed by atoms with Gasteiger partial charge in [-0.3, -0.25) is 0 Å². The van der Waals surface area contributed by atoms with Crippen molar-refractivity contribution in [2.24, 2.45) is 0 Å². The van der Waals surface area contributed by atoms with Crippen LogP contribution in [0.25, 0.3) is 11.1 Å². The van der Waals surface area contributed by atoms with Gasteiger partial charge in [0.25, 0.3) is 0 Å². The van der Waals surface area contributed by atoms with Crippen LogP contribution in [0.4, 0.5) is 5.69 Å². The summed E-state index contributed by atoms with van der Waals surface area (Å²) in [6.45, 7) is 8.27. The van der Waals surface area contributed by atoms with Crippen molar-refractivity contribution >= 4 is 21.6 Å². The van der Waals surface area contributed by atoms with Crippen LogP contribution in [0.2, 0.25) is 0 Å². The summed E-state index contributed by atoms with van der Waals surface area (Å²) in [7, 11) is 0. The zero-order valence-electron chi connectivity index (χ0n) is 13.0. The molecule has 22 heavy (non-hydrogen) atoms. The molecular weight excluding hydrogens is 338 g/mol. The minimum Gasteiger partial charge on any atom is -0.378 e. The number of morpholine rings is 1. The van der Waals surface area contributed by atoms with Gasteiger partial charge in [-0.25, -0.2) is 0 Å². The molecule has 0 bridgehead atoms. The Balaban J connectivity index is 1.82. The fourth-order valence-corrected chi connectivity index (χ4v) is 4.08. The van der Waals surface area contributed by atoms with E-state index in [1.807, 2.05) is 0 Å². The molecule has 2 nitrogen and oxygen atoms in total. The molecule has 0 N–H and O–H groups in total. The number of hydrogen-bond donors (Lipinski definition) is 0. The summed E-state index contributed by atoms with van der Waals surface area (Å²) in [5, 5.41) is 0. The Morgan fingerprint density at radius 2 is 1.59 bits per heavy atom. The van der Waals surface area contributed by atoms with E-state index in [0.29, 0.717) is 0 Å². The van der Waals surface area contributed by atoms with Gasteiger partial charge in [-0.05, 0) is 46.5 Å². The molecular formula is C19H20BrNO. The third-order valence-corrected chi connectivity index (χ3v) is 5.49. The van der Waals surface area contributed by atoms with E-state index in [9.17, 15) is 0 Å². The van der Waals surface area contributed by atoms with Gasteiger partial charge < -0.3 is 9.64 Å². The molecule has 0 radical (unpaired) electrons. The van der Waals surface area contributed by atoms with Gasteiger partial charge >= 0.3 is 0 Å². The molecule has 1 aliphatic carbocycles. The average Bonchev–Trinajstić information content (AvgIpc) is 2.76. The zero-order chi connectivity index (χ0) is 15.3. The van der Waals surface area contributed by atoms with Crippen molar-refractivity contribution in [3.63, 3.8) is 0 Å². The van der Waals surface area contributed by atoms with E-state index >= 15 is 0 Å². The molecule has 2 aromatic carbocycles. The largest absolute Gasteiger partial charge is 0.378 e. The van der Waals surface area contributed by atoms with Gasteiger partial charge in [0.1, 0.15) is 0 Å². The molecule has 0 amide bonds. The third-order valence-electron chi connectivity index (χ3n) is 5.00. The van der Waals surface area contributed by atoms with Crippen LogP contribution in [0.1, 0.15) is 25.0 Å². The smallest absolute Gasteiger partial charge is 0.0642 e. The Labute approximate surface area is 140 Å². The number of anilines is 1. The normalized spacial score (nSPS) is 19.0. The van der Waals surface area contributed by atoms with E-state index in [1.165, 1.54) is 27.9 Å². The lowest BCUT2D eigenvalue weighted by atomic mass is 9.82. The lowest BCUT2D eigenvalue weighted by molar-refractivity contribution is 0.122. The highest BCUT2D eigenvalue weighted by molar-refractivity contribution is 9.10. The van der Waals surface area contributed by atoms with Crippen LogP contribution in [0.5, 0.6) is 0 Å². The van der Waals surface area contributed by atoms with Crippen molar-refractivity contribution in [1.82, 2.24) is 0 Å². The lowest BCUT2D eigenvalue weighted by Crippen LogP contribution is -2.36. The van der Waals surface area contributed by atoms with Crippen molar-refractivity contribution in [3.05, 3.63) is 52.0 Å². The Morgan fingerprint density at radius 3 is 2.32 bits per heavy atom. The predicted molar refractivity (Wildman–Crippen MR) is 94.7 cm³/mol. The number of fused-ring (bicyclic) bond motifs is 3. The van der Waals surface area contributed by atoms with Gasteiger partial charge in [-0.1, -0.05) is 41.9 Å². The number of benzene rings is 2. The SMILES string of the molecule is CC1(C)c2cc(Br)ccc2-c2ccc(N3CCOCC3)cc21. The van der Waals surface area contributed by atoms with Gasteiger partial charge in [-0.15, -0.1) is 0 Å². The standard InChI is InChI=1S/C19H20BrNO/c1-19(2)17-11-13(20)3-5-15(17)16-6-4-14(12-18(16)19)21-7-9-22-10-8-21/h3-6,11-12H,7-10H2,1-2H3. The van der Waals surface area contributed by atoms with Crippen LogP contribution >= 0.6 is 15.9 Å². The maximum atomic E-state index is 5.47. The molecule has 1 fully saturated rings. The Hall–Kier alpha value is -1.32. The summed E-state index contributed by atoms with van der Waals surface area (Å²) in [5.41, 5.74) is 6.97. The first-order valence-electron chi connectivity index (χ1n) is 7.85. The second kappa shape index (κ2) is 5.10. The summed E-state index contributed by atoms with van der Waals surface area (Å²) >= 11 is 3.62. The monoisotopic (exact) mass is 357 g/mol. The van der Waals surface area contributed by atoms with Crippen LogP contribution < -0.4 is 4.90 Å². The quantitative estimate of drug-likeness (QED) is 0.739. The second-order valence-electron chi connectivity index (χ2n) is 6.64. The van der Waals surface area contributed by atoms with Gasteiger partial charge in [0.05, 0.1) is 13.2 Å². The highest BCUT2D eigenvalue weighted by atomic mass is 79.9. The highest BCUT2D eigenvalue weighted by Gasteiger charge is 2.35. The fourth-order valence-electron chi connectivity index (χ4n) is 3.72. The zero-order valence-corrected chi connectivity index (χ0v) is 14.6. The third kappa shape index (κ3) is 2.10. The fraction of sp³-hybridized carbons (Fsp3) is 0.368. The molecule has 2 aliphatic rings. The molecule has 0 spiro atoms. The van der Waals surface area contributed by atoms with Crippen molar-refractivity contribution < 1.29 is 4.74 Å². The Bertz CT molecular complexity index is 732. The minimum absolute atomic E-state index is 0.0523. The molecule has 1 saturated heterocycles. The number of hydrogen-bond acceptors (Lipinski definition) is 2. The summed E-state index contributed by atoms with van der Waals surface area (Å²) in [6, 6.07) is 13.6. The molecule has 0 aromatic heterocycles. The lowest BCUT2D eigenvalue weighted by Gasteiger charge is -2.30. The Morgan fingerprint density at radius 1 is 0.955 bits per heavy atom. The number of ether oxygens (including phenoxy) is 1. The first kappa shape index (κ1) is 14.3. The van der Waals surface area contributed by atoms with Crippen LogP contribution in [-0.2, 0) is 10.2 Å². The first-order chi connectivity index (χ1) is 10.6. The molecule has 3 heteroatoms. The van der Waals surface area contributed by atoms with Crippen molar-refractivity contribution in [2.45, 2.75) is 19.3 Å². The molecule has 2 aromatic rings. The minimum atomic E-state index is 0.0523. The van der Waals surface area contributed by atoms with Crippen molar-refractivity contribution in [3.8, 4) is 11.1 Å². The number of nitrogens with zero attached hydrogens (tertiary/aromatic N) is 1. The van der Waals surface area contributed by atoms with Gasteiger partial charge in [0.15, 0.2) is 0 Å². The molecule has 4 rings (SSSR count). The molecule has 0 unspecified atom stereocenters. The van der Waals surface area contributed by atoms with Crippen LogP contribution in [0.15, 0.2) is 40.9 Å². The average molecular weight is 358 g/mol. The number of rotatable bonds is 1. The summed E-state index contributed by atoms with van der Waals surface area (Å²) in [6.07, 6.45) is 0. The molecule has 1 heterocycles. The van der Waals surface area contributed by atoms with Crippen molar-refractivity contribution in [2.75, 3.05) is 31.2 Å². The van der Waals surface area contributed by atoms with Crippen LogP contribution in [0.3, 0.4) is 0 Å². The first-order valence-corrected chi connectivity index (χ1v) is 8.64. The summed E-state index contributed by atoms with van der Waals surface area (Å²) in [5.74, 6) is 0. The van der Waals surface area contributed by atoms with E-state index in [4.69, 9.17) is 4.74 Å². The van der Waals surface area contributed by atoms with E-state index in [0.717, 1.165) is 30.8 Å². The number of halogens is 1. The molecule has 114 valence electrons. The summed E-state index contributed by atoms with van der Waals surface area (Å²) in [4.78, 5) is 2.43.